The van der Waals surface area contributed by atoms with E-state index in [9.17, 15) is 14.4 Å². The summed E-state index contributed by atoms with van der Waals surface area (Å²) >= 11 is 1.29. The van der Waals surface area contributed by atoms with Crippen LogP contribution in [0, 0.1) is 12.3 Å². The smallest absolute Gasteiger partial charge is 0.339 e. The molecule has 2 aromatic rings. The van der Waals surface area contributed by atoms with Crippen LogP contribution in [-0.4, -0.2) is 30.8 Å². The predicted molar refractivity (Wildman–Crippen MR) is 86.3 cm³/mol. The summed E-state index contributed by atoms with van der Waals surface area (Å²) in [5.74, 6) is 0.745. The van der Waals surface area contributed by atoms with E-state index in [1.165, 1.54) is 17.4 Å². The highest BCUT2D eigenvalue weighted by atomic mass is 32.1. The topological polar surface area (TPSA) is 72.5 Å². The molecule has 1 amide bonds. The molecule has 0 aliphatic rings. The molecule has 0 spiro atoms. The molecule has 116 valence electrons. The monoisotopic (exact) mass is 327 g/mol. The van der Waals surface area contributed by atoms with Gasteiger partial charge in [-0.3, -0.25) is 9.59 Å². The van der Waals surface area contributed by atoms with Gasteiger partial charge in [-0.1, -0.05) is 30.2 Å². The third-order valence-electron chi connectivity index (χ3n) is 2.86. The van der Waals surface area contributed by atoms with E-state index >= 15 is 0 Å². The highest BCUT2D eigenvalue weighted by molar-refractivity contribution is 7.12. The Morgan fingerprint density at radius 1 is 1.13 bits per heavy atom. The van der Waals surface area contributed by atoms with Crippen molar-refractivity contribution in [3.05, 3.63) is 57.8 Å². The fourth-order valence-electron chi connectivity index (χ4n) is 1.81. The number of nitrogens with one attached hydrogen (secondary N) is 1. The van der Waals surface area contributed by atoms with Gasteiger partial charge in [-0.2, -0.15) is 0 Å². The summed E-state index contributed by atoms with van der Waals surface area (Å²) in [6.45, 7) is -0.397. The Morgan fingerprint density at radius 3 is 2.52 bits per heavy atom. The third kappa shape index (κ3) is 4.28. The Morgan fingerprint density at radius 2 is 1.87 bits per heavy atom. The summed E-state index contributed by atoms with van der Waals surface area (Å²) in [5.41, 5.74) is 0.361. The zero-order chi connectivity index (χ0) is 16.7. The number of thiophene rings is 1. The second-order valence-corrected chi connectivity index (χ2v) is 5.36. The number of rotatable bonds is 6. The van der Waals surface area contributed by atoms with E-state index in [1.807, 2.05) is 0 Å². The van der Waals surface area contributed by atoms with Crippen LogP contribution in [0.5, 0.6) is 0 Å². The van der Waals surface area contributed by atoms with Gasteiger partial charge in [-0.25, -0.2) is 4.79 Å². The molecule has 0 saturated heterocycles. The average Bonchev–Trinajstić information content (AvgIpc) is 3.11. The molecule has 0 aliphatic heterocycles. The first-order valence-electron chi connectivity index (χ1n) is 6.68. The number of terminal acetylenes is 1. The standard InChI is InChI=1S/C17H13NO4S/c1-2-9-18-15(19)11-22-17(21)13-7-4-3-6-12(13)16(20)14-8-5-10-23-14/h1,3-8,10H,9,11H2,(H,18,19). The molecule has 1 aromatic carbocycles. The average molecular weight is 327 g/mol. The van der Waals surface area contributed by atoms with Gasteiger partial charge in [-0.05, 0) is 17.5 Å². The minimum absolute atomic E-state index is 0.0594. The van der Waals surface area contributed by atoms with Gasteiger partial charge in [0.25, 0.3) is 5.91 Å². The summed E-state index contributed by atoms with van der Waals surface area (Å²) in [7, 11) is 0. The molecule has 6 heteroatoms. The van der Waals surface area contributed by atoms with Crippen LogP contribution in [0.25, 0.3) is 0 Å². The zero-order valence-corrected chi connectivity index (χ0v) is 12.9. The van der Waals surface area contributed by atoms with Crippen LogP contribution in [0.3, 0.4) is 0 Å². The first-order valence-corrected chi connectivity index (χ1v) is 7.56. The van der Waals surface area contributed by atoms with Crippen LogP contribution >= 0.6 is 11.3 Å². The Balaban J connectivity index is 2.11. The van der Waals surface area contributed by atoms with Crippen LogP contribution in [-0.2, 0) is 9.53 Å². The Labute approximate surface area is 137 Å². The molecule has 5 nitrogen and oxygen atoms in total. The normalized spacial score (nSPS) is 9.70. The first kappa shape index (κ1) is 16.5. The lowest BCUT2D eigenvalue weighted by Gasteiger charge is -2.08. The molecule has 0 atom stereocenters. The predicted octanol–water partition coefficient (Wildman–Crippen LogP) is 1.89. The van der Waals surface area contributed by atoms with Crippen molar-refractivity contribution < 1.29 is 19.1 Å². The van der Waals surface area contributed by atoms with Crippen molar-refractivity contribution in [2.45, 2.75) is 0 Å². The van der Waals surface area contributed by atoms with Gasteiger partial charge in [0.2, 0.25) is 5.78 Å². The number of ether oxygens (including phenoxy) is 1. The number of esters is 1. The van der Waals surface area contributed by atoms with Gasteiger partial charge in [0.15, 0.2) is 6.61 Å². The minimum atomic E-state index is -0.735. The van der Waals surface area contributed by atoms with Gasteiger partial charge >= 0.3 is 5.97 Å². The van der Waals surface area contributed by atoms with E-state index < -0.39 is 18.5 Å². The molecular weight excluding hydrogens is 314 g/mol. The highest BCUT2D eigenvalue weighted by Crippen LogP contribution is 2.19. The van der Waals surface area contributed by atoms with Crippen molar-refractivity contribution in [3.63, 3.8) is 0 Å². The molecule has 2 rings (SSSR count). The molecule has 0 aliphatic carbocycles. The Kier molecular flexibility index (Phi) is 5.67. The maximum Gasteiger partial charge on any atom is 0.339 e. The minimum Gasteiger partial charge on any atom is -0.452 e. The van der Waals surface area contributed by atoms with E-state index in [0.29, 0.717) is 4.88 Å². The van der Waals surface area contributed by atoms with E-state index in [-0.39, 0.29) is 23.5 Å². The molecule has 1 N–H and O–H groups in total. The fourth-order valence-corrected chi connectivity index (χ4v) is 2.49. The summed E-state index contributed by atoms with van der Waals surface area (Å²) in [5, 5.41) is 4.16. The molecular formula is C17H13NO4S. The zero-order valence-electron chi connectivity index (χ0n) is 12.1. The van der Waals surface area contributed by atoms with Gasteiger partial charge < -0.3 is 10.1 Å². The van der Waals surface area contributed by atoms with Crippen molar-refractivity contribution in [2.75, 3.05) is 13.2 Å². The largest absolute Gasteiger partial charge is 0.452 e. The summed E-state index contributed by atoms with van der Waals surface area (Å²) in [6.07, 6.45) is 5.01. The van der Waals surface area contributed by atoms with Gasteiger partial charge in [0.1, 0.15) is 0 Å². The van der Waals surface area contributed by atoms with Crippen molar-refractivity contribution in [2.24, 2.45) is 0 Å². The van der Waals surface area contributed by atoms with E-state index in [1.54, 1.807) is 35.7 Å². The number of hydrogen-bond acceptors (Lipinski definition) is 5. The van der Waals surface area contributed by atoms with E-state index in [2.05, 4.69) is 11.2 Å². The number of carbonyl (C=O) groups is 3. The van der Waals surface area contributed by atoms with Crippen LogP contribution in [0.4, 0.5) is 0 Å². The molecule has 0 fully saturated rings. The second kappa shape index (κ2) is 7.92. The number of hydrogen-bond donors (Lipinski definition) is 1. The van der Waals surface area contributed by atoms with E-state index in [4.69, 9.17) is 11.2 Å². The molecule has 1 heterocycles. The summed E-state index contributed by atoms with van der Waals surface area (Å²) in [6, 6.07) is 9.77. The first-order chi connectivity index (χ1) is 11.1. The lowest BCUT2D eigenvalue weighted by atomic mass is 10.0. The number of amides is 1. The summed E-state index contributed by atoms with van der Waals surface area (Å²) < 4.78 is 4.93. The lowest BCUT2D eigenvalue weighted by Crippen LogP contribution is -2.29. The maximum absolute atomic E-state index is 12.4. The molecule has 0 radical (unpaired) electrons. The Hall–Kier alpha value is -2.91. The Bertz CT molecular complexity index is 759. The van der Waals surface area contributed by atoms with Crippen LogP contribution in [0.1, 0.15) is 25.6 Å². The van der Waals surface area contributed by atoms with Crippen molar-refractivity contribution >= 4 is 29.0 Å². The van der Waals surface area contributed by atoms with Crippen molar-refractivity contribution in [1.82, 2.24) is 5.32 Å². The molecule has 23 heavy (non-hydrogen) atoms. The third-order valence-corrected chi connectivity index (χ3v) is 3.73. The number of benzene rings is 1. The highest BCUT2D eigenvalue weighted by Gasteiger charge is 2.20. The van der Waals surface area contributed by atoms with Crippen molar-refractivity contribution in [1.29, 1.82) is 0 Å². The quantitative estimate of drug-likeness (QED) is 0.499. The summed E-state index contributed by atoms with van der Waals surface area (Å²) in [4.78, 5) is 36.5. The van der Waals surface area contributed by atoms with Crippen LogP contribution in [0.15, 0.2) is 41.8 Å². The second-order valence-electron chi connectivity index (χ2n) is 4.41. The molecule has 0 saturated carbocycles. The molecule has 1 aromatic heterocycles. The SMILES string of the molecule is C#CCNC(=O)COC(=O)c1ccccc1C(=O)c1cccs1. The van der Waals surface area contributed by atoms with Crippen molar-refractivity contribution in [3.8, 4) is 12.3 Å². The molecule has 0 bridgehead atoms. The van der Waals surface area contributed by atoms with E-state index in [0.717, 1.165) is 0 Å². The maximum atomic E-state index is 12.4. The molecule has 0 unspecified atom stereocenters. The fraction of sp³-hybridized carbons (Fsp3) is 0.118. The van der Waals surface area contributed by atoms with Gasteiger partial charge in [0.05, 0.1) is 17.0 Å². The van der Waals surface area contributed by atoms with Crippen LogP contribution < -0.4 is 5.32 Å². The number of carbonyl (C=O) groups excluding carboxylic acids is 3. The van der Waals surface area contributed by atoms with Gasteiger partial charge in [0, 0.05) is 5.56 Å². The van der Waals surface area contributed by atoms with Gasteiger partial charge in [-0.15, -0.1) is 17.8 Å². The van der Waals surface area contributed by atoms with Crippen LogP contribution in [0.2, 0.25) is 0 Å². The lowest BCUT2D eigenvalue weighted by molar-refractivity contribution is -0.123. The number of ketones is 1.